The Morgan fingerprint density at radius 1 is 1.59 bits per heavy atom. The third kappa shape index (κ3) is 3.84. The molecule has 0 radical (unpaired) electrons. The maximum absolute atomic E-state index is 10.6. The van der Waals surface area contributed by atoms with E-state index in [0.29, 0.717) is 24.2 Å². The van der Waals surface area contributed by atoms with Crippen LogP contribution in [0.25, 0.3) is 16.5 Å². The lowest BCUT2D eigenvalue weighted by atomic mass is 10.1. The molecule has 17 heavy (non-hydrogen) atoms. The van der Waals surface area contributed by atoms with E-state index in [2.05, 4.69) is 10.0 Å². The molecule has 88 valence electrons. The van der Waals surface area contributed by atoms with Crippen molar-refractivity contribution in [3.63, 3.8) is 0 Å². The van der Waals surface area contributed by atoms with Crippen LogP contribution in [0.5, 0.6) is 0 Å². The summed E-state index contributed by atoms with van der Waals surface area (Å²) in [7, 11) is 0. The first-order chi connectivity index (χ1) is 8.15. The number of nitrogen functional groups attached to an aromatic ring is 1. The molecule has 0 heterocycles. The quantitative estimate of drug-likeness (QED) is 0.160. The summed E-state index contributed by atoms with van der Waals surface area (Å²) in [6.07, 6.45) is 3.99. The van der Waals surface area contributed by atoms with E-state index in [1.807, 2.05) is 0 Å². The first kappa shape index (κ1) is 12.5. The standard InChI is InChI=1S/C10H11N5O2/c11-10-5-4-9(15(16)17)7-8(10)3-1-2-6-13-14-12/h1,3-5,7H,2,6,11H2. The van der Waals surface area contributed by atoms with Gasteiger partial charge in [-0.2, -0.15) is 0 Å². The third-order valence-electron chi connectivity index (χ3n) is 2.04. The van der Waals surface area contributed by atoms with E-state index in [1.54, 1.807) is 12.2 Å². The zero-order chi connectivity index (χ0) is 12.7. The number of nitro groups is 1. The Kier molecular flexibility index (Phi) is 4.53. The molecule has 0 atom stereocenters. The molecule has 0 saturated carbocycles. The molecule has 0 aliphatic carbocycles. The molecule has 0 bridgehead atoms. The van der Waals surface area contributed by atoms with Crippen LogP contribution < -0.4 is 5.73 Å². The number of hydrogen-bond donors (Lipinski definition) is 1. The van der Waals surface area contributed by atoms with Gasteiger partial charge in [0.15, 0.2) is 0 Å². The topological polar surface area (TPSA) is 118 Å². The Hall–Kier alpha value is -2.53. The molecule has 7 heteroatoms. The minimum atomic E-state index is -0.475. The van der Waals surface area contributed by atoms with E-state index in [-0.39, 0.29) is 5.69 Å². The lowest BCUT2D eigenvalue weighted by Crippen LogP contribution is -1.93. The minimum absolute atomic E-state index is 0.00565. The highest BCUT2D eigenvalue weighted by Crippen LogP contribution is 2.20. The van der Waals surface area contributed by atoms with Crippen LogP contribution in [0.4, 0.5) is 11.4 Å². The third-order valence-corrected chi connectivity index (χ3v) is 2.04. The van der Waals surface area contributed by atoms with Gasteiger partial charge < -0.3 is 5.73 Å². The van der Waals surface area contributed by atoms with Gasteiger partial charge in [0.05, 0.1) is 4.92 Å². The molecule has 0 aromatic heterocycles. The fourth-order valence-electron chi connectivity index (χ4n) is 1.21. The van der Waals surface area contributed by atoms with Crippen molar-refractivity contribution >= 4 is 17.5 Å². The molecule has 1 aromatic carbocycles. The minimum Gasteiger partial charge on any atom is -0.398 e. The van der Waals surface area contributed by atoms with E-state index in [1.165, 1.54) is 18.2 Å². The summed E-state index contributed by atoms with van der Waals surface area (Å²) in [5, 5.41) is 13.9. The molecular formula is C10H11N5O2. The number of hydrogen-bond acceptors (Lipinski definition) is 4. The van der Waals surface area contributed by atoms with Crippen molar-refractivity contribution in [3.8, 4) is 0 Å². The van der Waals surface area contributed by atoms with Gasteiger partial charge in [0.25, 0.3) is 5.69 Å². The average molecular weight is 233 g/mol. The molecule has 0 aliphatic heterocycles. The summed E-state index contributed by atoms with van der Waals surface area (Å²) in [5.74, 6) is 0. The summed E-state index contributed by atoms with van der Waals surface area (Å²) in [4.78, 5) is 12.7. The van der Waals surface area contributed by atoms with Crippen molar-refractivity contribution in [2.45, 2.75) is 6.42 Å². The number of anilines is 1. The van der Waals surface area contributed by atoms with Gasteiger partial charge in [-0.3, -0.25) is 10.1 Å². The lowest BCUT2D eigenvalue weighted by molar-refractivity contribution is -0.384. The second-order valence-electron chi connectivity index (χ2n) is 3.22. The monoisotopic (exact) mass is 233 g/mol. The van der Waals surface area contributed by atoms with Crippen molar-refractivity contribution in [3.05, 3.63) is 50.4 Å². The SMILES string of the molecule is [N-]=[N+]=NCCC=Cc1cc([N+](=O)[O-])ccc1N. The highest BCUT2D eigenvalue weighted by atomic mass is 16.6. The van der Waals surface area contributed by atoms with Crippen LogP contribution in [0.3, 0.4) is 0 Å². The predicted molar refractivity (Wildman–Crippen MR) is 65.2 cm³/mol. The molecule has 0 spiro atoms. The van der Waals surface area contributed by atoms with Gasteiger partial charge in [-0.1, -0.05) is 17.3 Å². The molecule has 0 amide bonds. The fourth-order valence-corrected chi connectivity index (χ4v) is 1.21. The highest BCUT2D eigenvalue weighted by Gasteiger charge is 2.06. The van der Waals surface area contributed by atoms with E-state index in [0.717, 1.165) is 0 Å². The molecule has 2 N–H and O–H groups in total. The Labute approximate surface area is 97.3 Å². The normalized spacial score (nSPS) is 10.1. The average Bonchev–Trinajstić information content (AvgIpc) is 2.30. The van der Waals surface area contributed by atoms with Crippen LogP contribution in [0.15, 0.2) is 29.4 Å². The van der Waals surface area contributed by atoms with Gasteiger partial charge in [0, 0.05) is 34.8 Å². The largest absolute Gasteiger partial charge is 0.398 e. The summed E-state index contributed by atoms with van der Waals surface area (Å²) >= 11 is 0. The highest BCUT2D eigenvalue weighted by molar-refractivity contribution is 5.67. The van der Waals surface area contributed by atoms with Crippen molar-refractivity contribution < 1.29 is 4.92 Å². The molecule has 7 nitrogen and oxygen atoms in total. The summed E-state index contributed by atoms with van der Waals surface area (Å²) in [6.45, 7) is 0.349. The Morgan fingerprint density at radius 3 is 3.00 bits per heavy atom. The smallest absolute Gasteiger partial charge is 0.270 e. The number of azide groups is 1. The number of nitrogens with two attached hydrogens (primary N) is 1. The number of nitro benzene ring substituents is 1. The van der Waals surface area contributed by atoms with Crippen LogP contribution in [0.2, 0.25) is 0 Å². The Balaban J connectivity index is 2.78. The van der Waals surface area contributed by atoms with Crippen LogP contribution in [-0.2, 0) is 0 Å². The second-order valence-corrected chi connectivity index (χ2v) is 3.22. The maximum Gasteiger partial charge on any atom is 0.270 e. The molecule has 1 rings (SSSR count). The zero-order valence-corrected chi connectivity index (χ0v) is 8.98. The van der Waals surface area contributed by atoms with E-state index >= 15 is 0 Å². The van der Waals surface area contributed by atoms with Gasteiger partial charge >= 0.3 is 0 Å². The first-order valence-electron chi connectivity index (χ1n) is 4.86. The Bertz CT molecular complexity index is 491. The van der Waals surface area contributed by atoms with Crippen LogP contribution in [0.1, 0.15) is 12.0 Å². The molecule has 0 aliphatic rings. The number of nitrogens with zero attached hydrogens (tertiary/aromatic N) is 4. The second kappa shape index (κ2) is 6.14. The van der Waals surface area contributed by atoms with E-state index in [9.17, 15) is 10.1 Å². The van der Waals surface area contributed by atoms with Crippen molar-refractivity contribution in [2.24, 2.45) is 5.11 Å². The summed E-state index contributed by atoms with van der Waals surface area (Å²) < 4.78 is 0. The maximum atomic E-state index is 10.6. The van der Waals surface area contributed by atoms with Gasteiger partial charge in [0.1, 0.15) is 0 Å². The predicted octanol–water partition coefficient (Wildman–Crippen LogP) is 2.89. The number of rotatable bonds is 5. The molecule has 0 fully saturated rings. The Morgan fingerprint density at radius 2 is 2.35 bits per heavy atom. The molecule has 0 saturated heterocycles. The van der Waals surface area contributed by atoms with Gasteiger partial charge in [-0.05, 0) is 18.0 Å². The van der Waals surface area contributed by atoms with Crippen LogP contribution in [-0.4, -0.2) is 11.5 Å². The number of non-ortho nitro benzene ring substituents is 1. The summed E-state index contributed by atoms with van der Waals surface area (Å²) in [6, 6.07) is 4.25. The van der Waals surface area contributed by atoms with Gasteiger partial charge in [-0.25, -0.2) is 0 Å². The van der Waals surface area contributed by atoms with Crippen molar-refractivity contribution in [2.75, 3.05) is 12.3 Å². The van der Waals surface area contributed by atoms with Crippen molar-refractivity contribution in [1.82, 2.24) is 0 Å². The van der Waals surface area contributed by atoms with Gasteiger partial charge in [-0.15, -0.1) is 0 Å². The summed E-state index contributed by atoms with van der Waals surface area (Å²) in [5.41, 5.74) is 14.8. The molecule has 1 aromatic rings. The molecular weight excluding hydrogens is 222 g/mol. The lowest BCUT2D eigenvalue weighted by Gasteiger charge is -1.99. The fraction of sp³-hybridized carbons (Fsp3) is 0.200. The van der Waals surface area contributed by atoms with Crippen molar-refractivity contribution in [1.29, 1.82) is 0 Å². The first-order valence-corrected chi connectivity index (χ1v) is 4.86. The number of benzene rings is 1. The van der Waals surface area contributed by atoms with E-state index in [4.69, 9.17) is 11.3 Å². The van der Waals surface area contributed by atoms with Crippen LogP contribution in [0, 0.1) is 10.1 Å². The van der Waals surface area contributed by atoms with Gasteiger partial charge in [0.2, 0.25) is 0 Å². The van der Waals surface area contributed by atoms with Crippen LogP contribution >= 0.6 is 0 Å². The molecule has 0 unspecified atom stereocenters. The zero-order valence-electron chi connectivity index (χ0n) is 8.98. The van der Waals surface area contributed by atoms with E-state index < -0.39 is 4.92 Å².